The number of carbonyl (C=O) groups excluding carboxylic acids is 2. The van der Waals surface area contributed by atoms with Gasteiger partial charge in [-0.25, -0.2) is 0 Å². The molecular formula is C27H23N3O3. The van der Waals surface area contributed by atoms with Crippen molar-refractivity contribution < 1.29 is 14.7 Å². The van der Waals surface area contributed by atoms with Gasteiger partial charge in [-0.15, -0.1) is 0 Å². The van der Waals surface area contributed by atoms with Gasteiger partial charge in [-0.3, -0.25) is 19.5 Å². The second kappa shape index (κ2) is 7.74. The Hall–Kier alpha value is -4.19. The van der Waals surface area contributed by atoms with Crippen molar-refractivity contribution in [1.82, 2.24) is 9.55 Å². The maximum Gasteiger partial charge on any atom is 0.300 e. The number of Topliss-reactive ketones (excluding diaryl/α,β-unsaturated/α-hetero) is 1. The van der Waals surface area contributed by atoms with Crippen molar-refractivity contribution in [2.45, 2.75) is 19.9 Å². The number of amides is 1. The van der Waals surface area contributed by atoms with Gasteiger partial charge in [0.1, 0.15) is 5.76 Å². The average molecular weight is 437 g/mol. The van der Waals surface area contributed by atoms with Crippen LogP contribution < -0.4 is 4.90 Å². The van der Waals surface area contributed by atoms with Crippen molar-refractivity contribution in [2.24, 2.45) is 7.05 Å². The lowest BCUT2D eigenvalue weighted by Crippen LogP contribution is -2.29. The maximum absolute atomic E-state index is 13.4. The van der Waals surface area contributed by atoms with Gasteiger partial charge in [0.15, 0.2) is 0 Å². The molecule has 1 fully saturated rings. The number of hydrogen-bond donors (Lipinski definition) is 1. The van der Waals surface area contributed by atoms with E-state index < -0.39 is 17.7 Å². The number of aliphatic hydroxyl groups excluding tert-OH is 1. The highest BCUT2D eigenvalue weighted by molar-refractivity contribution is 6.51. The quantitative estimate of drug-likeness (QED) is 0.283. The Labute approximate surface area is 191 Å². The predicted octanol–water partition coefficient (Wildman–Crippen LogP) is 4.82. The molecule has 1 unspecified atom stereocenters. The summed E-state index contributed by atoms with van der Waals surface area (Å²) in [6, 6.07) is 16.0. The number of aromatic nitrogens is 2. The third kappa shape index (κ3) is 3.22. The Kier molecular flexibility index (Phi) is 4.86. The lowest BCUT2D eigenvalue weighted by atomic mass is 9.95. The van der Waals surface area contributed by atoms with Gasteiger partial charge in [-0.2, -0.15) is 0 Å². The van der Waals surface area contributed by atoms with Crippen molar-refractivity contribution in [3.05, 3.63) is 101 Å². The van der Waals surface area contributed by atoms with Crippen LogP contribution in [0.15, 0.2) is 78.8 Å². The van der Waals surface area contributed by atoms with Crippen molar-refractivity contribution >= 4 is 34.0 Å². The number of para-hydroxylation sites is 1. The van der Waals surface area contributed by atoms with E-state index in [0.717, 1.165) is 27.6 Å². The first-order chi connectivity index (χ1) is 15.9. The first kappa shape index (κ1) is 20.7. The highest BCUT2D eigenvalue weighted by Crippen LogP contribution is 2.44. The Morgan fingerprint density at radius 1 is 0.970 bits per heavy atom. The van der Waals surface area contributed by atoms with E-state index >= 15 is 0 Å². The highest BCUT2D eigenvalue weighted by atomic mass is 16.3. The molecule has 2 aromatic carbocycles. The van der Waals surface area contributed by atoms with E-state index in [1.165, 1.54) is 4.90 Å². The molecule has 1 saturated heterocycles. The molecule has 1 aliphatic rings. The van der Waals surface area contributed by atoms with Crippen LogP contribution in [0.2, 0.25) is 0 Å². The van der Waals surface area contributed by atoms with Gasteiger partial charge in [0, 0.05) is 53.4 Å². The van der Waals surface area contributed by atoms with Crippen LogP contribution >= 0.6 is 0 Å². The van der Waals surface area contributed by atoms with Crippen LogP contribution in [0.5, 0.6) is 0 Å². The smallest absolute Gasteiger partial charge is 0.300 e. The summed E-state index contributed by atoms with van der Waals surface area (Å²) in [6.45, 7) is 3.97. The largest absolute Gasteiger partial charge is 0.507 e. The number of rotatable bonds is 3. The Morgan fingerprint density at radius 2 is 1.70 bits per heavy atom. The Morgan fingerprint density at radius 3 is 2.42 bits per heavy atom. The van der Waals surface area contributed by atoms with Gasteiger partial charge in [0.2, 0.25) is 0 Å². The minimum atomic E-state index is -0.772. The molecule has 164 valence electrons. The van der Waals surface area contributed by atoms with Crippen LogP contribution in [0.3, 0.4) is 0 Å². The number of ketones is 1. The van der Waals surface area contributed by atoms with Crippen molar-refractivity contribution in [3.8, 4) is 0 Å². The molecule has 0 spiro atoms. The summed E-state index contributed by atoms with van der Waals surface area (Å²) in [4.78, 5) is 32.2. The Balaban J connectivity index is 1.82. The van der Waals surface area contributed by atoms with Gasteiger partial charge in [0.25, 0.3) is 11.7 Å². The fraction of sp³-hybridized carbons (Fsp3) is 0.148. The molecule has 5 rings (SSSR count). The van der Waals surface area contributed by atoms with Crippen LogP contribution in [0.1, 0.15) is 28.3 Å². The third-order valence-corrected chi connectivity index (χ3v) is 6.39. The van der Waals surface area contributed by atoms with E-state index in [2.05, 4.69) is 4.98 Å². The van der Waals surface area contributed by atoms with Gasteiger partial charge < -0.3 is 9.67 Å². The zero-order valence-corrected chi connectivity index (χ0v) is 18.6. The molecular weight excluding hydrogens is 414 g/mol. The van der Waals surface area contributed by atoms with Gasteiger partial charge >= 0.3 is 0 Å². The summed E-state index contributed by atoms with van der Waals surface area (Å²) < 4.78 is 1.97. The number of fused-ring (bicyclic) bond motifs is 1. The first-order valence-electron chi connectivity index (χ1n) is 10.7. The van der Waals surface area contributed by atoms with E-state index in [-0.39, 0.29) is 11.3 Å². The Bertz CT molecular complexity index is 1450. The molecule has 0 aliphatic carbocycles. The summed E-state index contributed by atoms with van der Waals surface area (Å²) in [6.07, 6.45) is 5.01. The average Bonchev–Trinajstić information content (AvgIpc) is 3.29. The summed E-state index contributed by atoms with van der Waals surface area (Å²) >= 11 is 0. The summed E-state index contributed by atoms with van der Waals surface area (Å²) in [5.74, 6) is -1.58. The molecule has 0 saturated carbocycles. The lowest BCUT2D eigenvalue weighted by molar-refractivity contribution is -0.132. The van der Waals surface area contributed by atoms with Crippen LogP contribution in [-0.2, 0) is 16.6 Å². The van der Waals surface area contributed by atoms with Gasteiger partial charge in [-0.05, 0) is 55.3 Å². The zero-order valence-electron chi connectivity index (χ0n) is 18.6. The molecule has 3 heterocycles. The normalized spacial score (nSPS) is 17.8. The molecule has 4 aromatic rings. The molecule has 1 amide bonds. The molecule has 6 heteroatoms. The molecule has 1 N–H and O–H groups in total. The van der Waals surface area contributed by atoms with Crippen LogP contribution in [-0.4, -0.2) is 26.3 Å². The molecule has 1 aliphatic heterocycles. The fourth-order valence-corrected chi connectivity index (χ4v) is 4.52. The van der Waals surface area contributed by atoms with Gasteiger partial charge in [-0.1, -0.05) is 24.3 Å². The summed E-state index contributed by atoms with van der Waals surface area (Å²) in [7, 11) is 1.93. The monoisotopic (exact) mass is 437 g/mol. The standard InChI is InChI=1S/C27H23N3O3/c1-16-8-9-19(14-17(16)2)30-24(21-15-29(3)22-7-5-4-6-20(21)22)23(26(32)27(30)33)25(31)18-10-12-28-13-11-18/h4-15,24,31H,1-3H3/b25-23+. The molecule has 2 aromatic heterocycles. The van der Waals surface area contributed by atoms with E-state index in [1.807, 2.05) is 74.1 Å². The van der Waals surface area contributed by atoms with Crippen molar-refractivity contribution in [3.63, 3.8) is 0 Å². The van der Waals surface area contributed by atoms with Crippen LogP contribution in [0.25, 0.3) is 16.7 Å². The minimum absolute atomic E-state index is 0.0702. The van der Waals surface area contributed by atoms with E-state index in [9.17, 15) is 14.7 Å². The topological polar surface area (TPSA) is 75.4 Å². The molecule has 0 bridgehead atoms. The third-order valence-electron chi connectivity index (χ3n) is 6.39. The number of carbonyl (C=O) groups is 2. The van der Waals surface area contributed by atoms with Gasteiger partial charge in [0.05, 0.1) is 11.6 Å². The number of aliphatic hydroxyl groups is 1. The molecule has 1 atom stereocenters. The SMILES string of the molecule is Cc1ccc(N2C(=O)C(=O)/C(=C(/O)c3ccncc3)C2c2cn(C)c3ccccc23)cc1C. The van der Waals surface area contributed by atoms with E-state index in [4.69, 9.17) is 0 Å². The zero-order chi connectivity index (χ0) is 23.3. The highest BCUT2D eigenvalue weighted by Gasteiger charge is 2.47. The second-order valence-electron chi connectivity index (χ2n) is 8.39. The van der Waals surface area contributed by atoms with Crippen LogP contribution in [0, 0.1) is 13.8 Å². The second-order valence-corrected chi connectivity index (χ2v) is 8.39. The molecule has 0 radical (unpaired) electrons. The predicted molar refractivity (Wildman–Crippen MR) is 128 cm³/mol. The molecule has 33 heavy (non-hydrogen) atoms. The first-order valence-corrected chi connectivity index (χ1v) is 10.7. The van der Waals surface area contributed by atoms with Crippen molar-refractivity contribution in [2.75, 3.05) is 4.90 Å². The van der Waals surface area contributed by atoms with Crippen molar-refractivity contribution in [1.29, 1.82) is 0 Å². The number of pyridine rings is 1. The number of benzene rings is 2. The van der Waals surface area contributed by atoms with Crippen LogP contribution in [0.4, 0.5) is 5.69 Å². The number of anilines is 1. The summed E-state index contributed by atoms with van der Waals surface area (Å²) in [5.41, 5.74) is 4.98. The van der Waals surface area contributed by atoms with E-state index in [1.54, 1.807) is 24.5 Å². The number of hydrogen-bond acceptors (Lipinski definition) is 4. The number of aryl methyl sites for hydroxylation is 3. The van der Waals surface area contributed by atoms with E-state index in [0.29, 0.717) is 11.3 Å². The molecule has 6 nitrogen and oxygen atoms in total. The number of nitrogens with zero attached hydrogens (tertiary/aromatic N) is 3. The fourth-order valence-electron chi connectivity index (χ4n) is 4.52. The maximum atomic E-state index is 13.4. The summed E-state index contributed by atoms with van der Waals surface area (Å²) in [5, 5.41) is 12.1. The lowest BCUT2D eigenvalue weighted by Gasteiger charge is -2.25. The minimum Gasteiger partial charge on any atom is -0.507 e.